The first kappa shape index (κ1) is 16.2. The molecule has 0 spiro atoms. The van der Waals surface area contributed by atoms with Crippen molar-refractivity contribution < 1.29 is 14.3 Å². The average Bonchev–Trinajstić information content (AvgIpc) is 2.54. The van der Waals surface area contributed by atoms with Crippen LogP contribution in [0.2, 0.25) is 0 Å². The molecule has 0 saturated carbocycles. The fraction of sp³-hybridized carbons (Fsp3) is 0.533. The minimum Gasteiger partial charge on any atom is -0.378 e. The van der Waals surface area contributed by atoms with Crippen LogP contribution in [0.5, 0.6) is 0 Å². The number of nitrogens with zero attached hydrogens (tertiary/aromatic N) is 2. The van der Waals surface area contributed by atoms with Crippen LogP contribution < -0.4 is 10.9 Å². The Morgan fingerprint density at radius 2 is 2.00 bits per heavy atom. The van der Waals surface area contributed by atoms with Crippen molar-refractivity contribution in [1.29, 1.82) is 0 Å². The SMILES string of the molecule is CCNC(=O)c1ccc(=O)n(CCC(=O)N2CCOCC2)c1. The van der Waals surface area contributed by atoms with Gasteiger partial charge in [-0.25, -0.2) is 0 Å². The van der Waals surface area contributed by atoms with Gasteiger partial charge in [-0.15, -0.1) is 0 Å². The van der Waals surface area contributed by atoms with Crippen LogP contribution in [0.3, 0.4) is 0 Å². The van der Waals surface area contributed by atoms with Gasteiger partial charge in [-0.05, 0) is 13.0 Å². The van der Waals surface area contributed by atoms with Gasteiger partial charge in [0, 0.05) is 44.9 Å². The number of hydrogen-bond acceptors (Lipinski definition) is 4. The maximum Gasteiger partial charge on any atom is 0.252 e. The smallest absolute Gasteiger partial charge is 0.252 e. The molecule has 1 saturated heterocycles. The van der Waals surface area contributed by atoms with E-state index in [1.807, 2.05) is 6.92 Å². The van der Waals surface area contributed by atoms with E-state index in [0.717, 1.165) is 0 Å². The highest BCUT2D eigenvalue weighted by molar-refractivity contribution is 5.93. The lowest BCUT2D eigenvalue weighted by atomic mass is 10.2. The van der Waals surface area contributed by atoms with Gasteiger partial charge >= 0.3 is 0 Å². The Bertz CT molecular complexity index is 591. The van der Waals surface area contributed by atoms with Crippen LogP contribution in [0.1, 0.15) is 23.7 Å². The summed E-state index contributed by atoms with van der Waals surface area (Å²) in [6.07, 6.45) is 1.73. The van der Waals surface area contributed by atoms with Crippen molar-refractivity contribution in [2.75, 3.05) is 32.8 Å². The summed E-state index contributed by atoms with van der Waals surface area (Å²) in [7, 11) is 0. The molecule has 0 aliphatic carbocycles. The van der Waals surface area contributed by atoms with Crippen molar-refractivity contribution in [3.05, 3.63) is 34.2 Å². The van der Waals surface area contributed by atoms with E-state index in [0.29, 0.717) is 38.4 Å². The highest BCUT2D eigenvalue weighted by Gasteiger charge is 2.16. The molecule has 1 aromatic heterocycles. The first-order valence-electron chi connectivity index (χ1n) is 7.46. The average molecular weight is 307 g/mol. The second-order valence-electron chi connectivity index (χ2n) is 5.05. The Morgan fingerprint density at radius 3 is 2.68 bits per heavy atom. The predicted octanol–water partition coefficient (Wildman–Crippen LogP) is -0.153. The van der Waals surface area contributed by atoms with Crippen LogP contribution in [0.15, 0.2) is 23.1 Å². The number of pyridine rings is 1. The second-order valence-corrected chi connectivity index (χ2v) is 5.05. The molecule has 1 fully saturated rings. The third-order valence-electron chi connectivity index (χ3n) is 3.51. The number of ether oxygens (including phenoxy) is 1. The molecule has 120 valence electrons. The third kappa shape index (κ3) is 4.17. The van der Waals surface area contributed by atoms with E-state index in [1.165, 1.54) is 22.9 Å². The molecule has 7 heteroatoms. The van der Waals surface area contributed by atoms with Crippen LogP contribution in [0.25, 0.3) is 0 Å². The molecule has 0 atom stereocenters. The van der Waals surface area contributed by atoms with Crippen molar-refractivity contribution in [2.45, 2.75) is 19.9 Å². The van der Waals surface area contributed by atoms with E-state index in [1.54, 1.807) is 4.90 Å². The number of hydrogen-bond donors (Lipinski definition) is 1. The van der Waals surface area contributed by atoms with E-state index in [-0.39, 0.29) is 30.3 Å². The summed E-state index contributed by atoms with van der Waals surface area (Å²) in [6, 6.07) is 2.84. The van der Waals surface area contributed by atoms with E-state index < -0.39 is 0 Å². The lowest BCUT2D eigenvalue weighted by Crippen LogP contribution is -2.41. The molecule has 1 aliphatic heterocycles. The van der Waals surface area contributed by atoms with Gasteiger partial charge in [0.05, 0.1) is 18.8 Å². The number of carbonyl (C=O) groups is 2. The first-order chi connectivity index (χ1) is 10.6. The number of carbonyl (C=O) groups excluding carboxylic acids is 2. The molecule has 0 unspecified atom stereocenters. The largest absolute Gasteiger partial charge is 0.378 e. The monoisotopic (exact) mass is 307 g/mol. The Morgan fingerprint density at radius 1 is 1.27 bits per heavy atom. The van der Waals surface area contributed by atoms with Gasteiger partial charge in [0.15, 0.2) is 0 Å². The molecule has 0 radical (unpaired) electrons. The van der Waals surface area contributed by atoms with Crippen LogP contribution in [-0.4, -0.2) is 54.1 Å². The zero-order valence-corrected chi connectivity index (χ0v) is 12.7. The fourth-order valence-corrected chi connectivity index (χ4v) is 2.29. The number of morpholine rings is 1. The Balaban J connectivity index is 1.99. The highest BCUT2D eigenvalue weighted by Crippen LogP contribution is 2.02. The van der Waals surface area contributed by atoms with Crippen LogP contribution >= 0.6 is 0 Å². The Hall–Kier alpha value is -2.15. The summed E-state index contributed by atoms with van der Waals surface area (Å²) < 4.78 is 6.61. The molecular weight excluding hydrogens is 286 g/mol. The highest BCUT2D eigenvalue weighted by atomic mass is 16.5. The zero-order valence-electron chi connectivity index (χ0n) is 12.7. The van der Waals surface area contributed by atoms with Gasteiger partial charge in [-0.3, -0.25) is 14.4 Å². The van der Waals surface area contributed by atoms with Gasteiger partial charge < -0.3 is 19.5 Å². The van der Waals surface area contributed by atoms with Crippen molar-refractivity contribution in [3.63, 3.8) is 0 Å². The molecule has 2 amide bonds. The molecular formula is C15H21N3O4. The lowest BCUT2D eigenvalue weighted by molar-refractivity contribution is -0.135. The Kier molecular flexibility index (Phi) is 5.71. The maximum atomic E-state index is 12.1. The van der Waals surface area contributed by atoms with Gasteiger partial charge in [0.2, 0.25) is 5.91 Å². The lowest BCUT2D eigenvalue weighted by Gasteiger charge is -2.26. The van der Waals surface area contributed by atoms with Gasteiger partial charge in [-0.1, -0.05) is 0 Å². The standard InChI is InChI=1S/C15H21N3O4/c1-2-16-15(21)12-3-4-13(19)18(11-12)6-5-14(20)17-7-9-22-10-8-17/h3-4,11H,2,5-10H2,1H3,(H,16,21). The van der Waals surface area contributed by atoms with Crippen molar-refractivity contribution >= 4 is 11.8 Å². The van der Waals surface area contributed by atoms with Crippen LogP contribution in [0, 0.1) is 0 Å². The summed E-state index contributed by atoms with van der Waals surface area (Å²) in [6.45, 7) is 4.90. The van der Waals surface area contributed by atoms with Crippen molar-refractivity contribution in [3.8, 4) is 0 Å². The molecule has 1 N–H and O–H groups in total. The quantitative estimate of drug-likeness (QED) is 0.820. The molecule has 1 aromatic rings. The minimum atomic E-state index is -0.226. The molecule has 2 rings (SSSR count). The number of rotatable bonds is 5. The first-order valence-corrected chi connectivity index (χ1v) is 7.46. The van der Waals surface area contributed by atoms with Gasteiger partial charge in [0.1, 0.15) is 0 Å². The second kappa shape index (κ2) is 7.74. The summed E-state index contributed by atoms with van der Waals surface area (Å²) in [5.74, 6) is -0.227. The molecule has 7 nitrogen and oxygen atoms in total. The predicted molar refractivity (Wildman–Crippen MR) is 80.7 cm³/mol. The molecule has 22 heavy (non-hydrogen) atoms. The molecule has 0 bridgehead atoms. The summed E-state index contributed by atoms with van der Waals surface area (Å²) in [5, 5.41) is 2.68. The Labute approximate surface area is 128 Å². The van der Waals surface area contributed by atoms with Crippen LogP contribution in [-0.2, 0) is 16.1 Å². The van der Waals surface area contributed by atoms with Gasteiger partial charge in [0.25, 0.3) is 11.5 Å². The van der Waals surface area contributed by atoms with Gasteiger partial charge in [-0.2, -0.15) is 0 Å². The van der Waals surface area contributed by atoms with Crippen molar-refractivity contribution in [2.24, 2.45) is 0 Å². The van der Waals surface area contributed by atoms with Crippen LogP contribution in [0.4, 0.5) is 0 Å². The zero-order chi connectivity index (χ0) is 15.9. The van der Waals surface area contributed by atoms with E-state index in [2.05, 4.69) is 5.32 Å². The normalized spacial score (nSPS) is 14.7. The summed E-state index contributed by atoms with van der Waals surface area (Å²) in [5.41, 5.74) is 0.197. The molecule has 2 heterocycles. The molecule has 1 aliphatic rings. The van der Waals surface area contributed by atoms with E-state index >= 15 is 0 Å². The maximum absolute atomic E-state index is 12.1. The molecule has 0 aromatic carbocycles. The summed E-state index contributed by atoms with van der Waals surface area (Å²) >= 11 is 0. The number of amides is 2. The van der Waals surface area contributed by atoms with E-state index in [4.69, 9.17) is 4.74 Å². The number of aromatic nitrogens is 1. The third-order valence-corrected chi connectivity index (χ3v) is 3.51. The fourth-order valence-electron chi connectivity index (χ4n) is 2.29. The van der Waals surface area contributed by atoms with E-state index in [9.17, 15) is 14.4 Å². The minimum absolute atomic E-state index is 0.00128. The number of nitrogens with one attached hydrogen (secondary N) is 1. The number of aryl methyl sites for hydroxylation is 1. The van der Waals surface area contributed by atoms with Crippen molar-refractivity contribution in [1.82, 2.24) is 14.8 Å². The summed E-state index contributed by atoms with van der Waals surface area (Å²) in [4.78, 5) is 37.4. The topological polar surface area (TPSA) is 80.6 Å².